The zero-order chi connectivity index (χ0) is 12.5. The van der Waals surface area contributed by atoms with Gasteiger partial charge in [0.05, 0.1) is 0 Å². The summed E-state index contributed by atoms with van der Waals surface area (Å²) in [6, 6.07) is 0.776. The van der Waals surface area contributed by atoms with E-state index in [1.165, 1.54) is 64.7 Å². The van der Waals surface area contributed by atoms with E-state index >= 15 is 0 Å². The summed E-state index contributed by atoms with van der Waals surface area (Å²) >= 11 is 0. The highest BCUT2D eigenvalue weighted by Gasteiger charge is 2.24. The van der Waals surface area contributed by atoms with E-state index in [1.54, 1.807) is 0 Å². The molecule has 1 aliphatic carbocycles. The van der Waals surface area contributed by atoms with Gasteiger partial charge in [0.15, 0.2) is 0 Å². The van der Waals surface area contributed by atoms with Gasteiger partial charge in [0.1, 0.15) is 0 Å². The maximum atomic E-state index is 3.79. The molecule has 2 heteroatoms. The normalized spacial score (nSPS) is 26.1. The minimum Gasteiger partial charge on any atom is -0.314 e. The maximum absolute atomic E-state index is 3.79. The lowest BCUT2D eigenvalue weighted by Gasteiger charge is -2.31. The van der Waals surface area contributed by atoms with Crippen molar-refractivity contribution in [3.05, 3.63) is 0 Å². The van der Waals surface area contributed by atoms with E-state index in [2.05, 4.69) is 31.0 Å². The Morgan fingerprint density at radius 1 is 1.00 bits per heavy atom. The summed E-state index contributed by atoms with van der Waals surface area (Å²) in [4.78, 5) is 2.59. The van der Waals surface area contributed by atoms with Gasteiger partial charge in [-0.1, -0.05) is 40.0 Å². The van der Waals surface area contributed by atoms with Crippen LogP contribution >= 0.6 is 0 Å². The first kappa shape index (κ1) is 15.0. The van der Waals surface area contributed by atoms with Gasteiger partial charge in [-0.2, -0.15) is 0 Å². The number of rotatable bonds is 7. The standard InChI is InChI=1S/C15H32N2/c1-4-12-16-15-11-9-7-8-10-14(15)13-17(5-2)6-3/h14-16H,4-13H2,1-3H3. The summed E-state index contributed by atoms with van der Waals surface area (Å²) in [6.45, 7) is 11.7. The Morgan fingerprint density at radius 2 is 1.71 bits per heavy atom. The van der Waals surface area contributed by atoms with Gasteiger partial charge in [-0.15, -0.1) is 0 Å². The second-order valence-electron chi connectivity index (χ2n) is 5.44. The maximum Gasteiger partial charge on any atom is 0.0107 e. The Kier molecular flexibility index (Phi) is 7.87. The molecule has 2 atom stereocenters. The van der Waals surface area contributed by atoms with Crippen molar-refractivity contribution in [1.82, 2.24) is 10.2 Å². The second-order valence-corrected chi connectivity index (χ2v) is 5.44. The molecule has 17 heavy (non-hydrogen) atoms. The number of hydrogen-bond acceptors (Lipinski definition) is 2. The molecule has 1 rings (SSSR count). The van der Waals surface area contributed by atoms with Crippen molar-refractivity contribution in [2.45, 2.75) is 65.3 Å². The summed E-state index contributed by atoms with van der Waals surface area (Å²) in [5.74, 6) is 0.879. The van der Waals surface area contributed by atoms with Crippen LogP contribution in [0.2, 0.25) is 0 Å². The van der Waals surface area contributed by atoms with E-state index in [0.717, 1.165) is 12.0 Å². The van der Waals surface area contributed by atoms with Crippen molar-refractivity contribution in [3.63, 3.8) is 0 Å². The molecule has 0 aromatic rings. The van der Waals surface area contributed by atoms with Gasteiger partial charge in [0, 0.05) is 12.6 Å². The second kappa shape index (κ2) is 8.93. The van der Waals surface area contributed by atoms with Crippen LogP contribution in [0.5, 0.6) is 0 Å². The van der Waals surface area contributed by atoms with Crippen molar-refractivity contribution in [3.8, 4) is 0 Å². The molecule has 0 heterocycles. The van der Waals surface area contributed by atoms with Crippen LogP contribution in [-0.2, 0) is 0 Å². The molecular weight excluding hydrogens is 208 g/mol. The van der Waals surface area contributed by atoms with Crippen LogP contribution in [-0.4, -0.2) is 37.1 Å². The van der Waals surface area contributed by atoms with E-state index in [4.69, 9.17) is 0 Å². The molecule has 0 amide bonds. The van der Waals surface area contributed by atoms with E-state index in [1.807, 2.05) is 0 Å². The molecule has 0 spiro atoms. The lowest BCUT2D eigenvalue weighted by Crippen LogP contribution is -2.42. The SMILES string of the molecule is CCCNC1CCCCCC1CN(CC)CC. The first-order valence-corrected chi connectivity index (χ1v) is 7.77. The minimum atomic E-state index is 0.776. The highest BCUT2D eigenvalue weighted by molar-refractivity contribution is 4.81. The molecule has 0 aliphatic heterocycles. The Labute approximate surface area is 108 Å². The van der Waals surface area contributed by atoms with Gasteiger partial charge in [-0.05, 0) is 44.8 Å². The van der Waals surface area contributed by atoms with Crippen molar-refractivity contribution < 1.29 is 0 Å². The van der Waals surface area contributed by atoms with Crippen LogP contribution in [0, 0.1) is 5.92 Å². The summed E-state index contributed by atoms with van der Waals surface area (Å²) in [6.07, 6.45) is 8.39. The average Bonchev–Trinajstić information content (AvgIpc) is 2.58. The van der Waals surface area contributed by atoms with Crippen LogP contribution in [0.25, 0.3) is 0 Å². The van der Waals surface area contributed by atoms with Gasteiger partial charge in [0.2, 0.25) is 0 Å². The molecule has 0 radical (unpaired) electrons. The van der Waals surface area contributed by atoms with Crippen molar-refractivity contribution in [1.29, 1.82) is 0 Å². The zero-order valence-corrected chi connectivity index (χ0v) is 12.2. The molecule has 2 nitrogen and oxygen atoms in total. The Morgan fingerprint density at radius 3 is 2.35 bits per heavy atom. The Hall–Kier alpha value is -0.0800. The molecule has 2 unspecified atom stereocenters. The lowest BCUT2D eigenvalue weighted by atomic mass is 9.94. The number of nitrogens with zero attached hydrogens (tertiary/aromatic N) is 1. The predicted molar refractivity (Wildman–Crippen MR) is 76.4 cm³/mol. The lowest BCUT2D eigenvalue weighted by molar-refractivity contribution is 0.208. The summed E-state index contributed by atoms with van der Waals surface area (Å²) in [7, 11) is 0. The van der Waals surface area contributed by atoms with Gasteiger partial charge in [-0.3, -0.25) is 0 Å². The highest BCUT2D eigenvalue weighted by atomic mass is 15.1. The van der Waals surface area contributed by atoms with Crippen LogP contribution < -0.4 is 5.32 Å². The van der Waals surface area contributed by atoms with Crippen LogP contribution in [0.1, 0.15) is 59.3 Å². The first-order valence-electron chi connectivity index (χ1n) is 7.77. The molecule has 102 valence electrons. The topological polar surface area (TPSA) is 15.3 Å². The predicted octanol–water partition coefficient (Wildman–Crippen LogP) is 3.28. The molecule has 1 saturated carbocycles. The number of nitrogens with one attached hydrogen (secondary N) is 1. The third kappa shape index (κ3) is 5.39. The third-order valence-electron chi connectivity index (χ3n) is 4.20. The summed E-state index contributed by atoms with van der Waals surface area (Å²) in [5, 5.41) is 3.79. The molecule has 1 fully saturated rings. The first-order chi connectivity index (χ1) is 8.31. The smallest absolute Gasteiger partial charge is 0.0107 e. The van der Waals surface area contributed by atoms with Crippen molar-refractivity contribution in [2.75, 3.05) is 26.2 Å². The largest absolute Gasteiger partial charge is 0.314 e. The van der Waals surface area contributed by atoms with Gasteiger partial charge in [-0.25, -0.2) is 0 Å². The molecule has 1 aliphatic rings. The van der Waals surface area contributed by atoms with E-state index in [0.29, 0.717) is 0 Å². The molecule has 1 N–H and O–H groups in total. The zero-order valence-electron chi connectivity index (χ0n) is 12.2. The molecule has 0 aromatic carbocycles. The minimum absolute atomic E-state index is 0.776. The molecular formula is C15H32N2. The molecule has 0 aromatic heterocycles. The van der Waals surface area contributed by atoms with Gasteiger partial charge in [0.25, 0.3) is 0 Å². The summed E-state index contributed by atoms with van der Waals surface area (Å²) in [5.41, 5.74) is 0. The van der Waals surface area contributed by atoms with Crippen LogP contribution in [0.4, 0.5) is 0 Å². The Balaban J connectivity index is 2.48. The van der Waals surface area contributed by atoms with E-state index < -0.39 is 0 Å². The monoisotopic (exact) mass is 240 g/mol. The molecule has 0 saturated heterocycles. The average molecular weight is 240 g/mol. The van der Waals surface area contributed by atoms with Crippen molar-refractivity contribution in [2.24, 2.45) is 5.92 Å². The summed E-state index contributed by atoms with van der Waals surface area (Å²) < 4.78 is 0. The van der Waals surface area contributed by atoms with Gasteiger partial charge >= 0.3 is 0 Å². The fourth-order valence-corrected chi connectivity index (χ4v) is 3.01. The highest BCUT2D eigenvalue weighted by Crippen LogP contribution is 2.24. The van der Waals surface area contributed by atoms with Crippen LogP contribution in [0.15, 0.2) is 0 Å². The quantitative estimate of drug-likeness (QED) is 0.687. The fourth-order valence-electron chi connectivity index (χ4n) is 3.01. The molecule has 0 bridgehead atoms. The Bertz CT molecular complexity index is 178. The third-order valence-corrected chi connectivity index (χ3v) is 4.20. The van der Waals surface area contributed by atoms with E-state index in [9.17, 15) is 0 Å². The van der Waals surface area contributed by atoms with Gasteiger partial charge < -0.3 is 10.2 Å². The fraction of sp³-hybridized carbons (Fsp3) is 1.00. The number of hydrogen-bond donors (Lipinski definition) is 1. The van der Waals surface area contributed by atoms with Crippen LogP contribution in [0.3, 0.4) is 0 Å². The van der Waals surface area contributed by atoms with E-state index in [-0.39, 0.29) is 0 Å². The van der Waals surface area contributed by atoms with Crippen molar-refractivity contribution >= 4 is 0 Å².